The van der Waals surface area contributed by atoms with Crippen molar-refractivity contribution in [1.82, 2.24) is 0 Å². The van der Waals surface area contributed by atoms with E-state index in [2.05, 4.69) is 65.3 Å². The molecule has 1 aromatic carbocycles. The monoisotopic (exact) mass is 270 g/mol. The van der Waals surface area contributed by atoms with Gasteiger partial charge in [0.2, 0.25) is 0 Å². The zero-order chi connectivity index (χ0) is 9.14. The third-order valence-corrected chi connectivity index (χ3v) is 2.29. The predicted octanol–water partition coefficient (Wildman–Crippen LogP) is 3.36. The van der Waals surface area contributed by atoms with E-state index in [1.165, 1.54) is 16.7 Å². The number of rotatable bonds is 0. The summed E-state index contributed by atoms with van der Waals surface area (Å²) in [5, 5.41) is 0. The van der Waals surface area contributed by atoms with Gasteiger partial charge >= 0.3 is 0 Å². The van der Waals surface area contributed by atoms with Crippen LogP contribution in [0, 0.1) is 30.6 Å². The van der Waals surface area contributed by atoms with Crippen LogP contribution in [0.3, 0.4) is 0 Å². The van der Waals surface area contributed by atoms with E-state index in [0.717, 1.165) is 5.56 Å². The van der Waals surface area contributed by atoms with Crippen LogP contribution in [0.5, 0.6) is 0 Å². The minimum Gasteiger partial charge on any atom is -0.0553 e. The molecule has 0 nitrogen and oxygen atoms in total. The summed E-state index contributed by atoms with van der Waals surface area (Å²) in [6.45, 7) is 6.35. The highest BCUT2D eigenvalue weighted by Gasteiger charge is 1.97. The van der Waals surface area contributed by atoms with Crippen LogP contribution in [0.1, 0.15) is 22.3 Å². The summed E-state index contributed by atoms with van der Waals surface area (Å²) in [5.41, 5.74) is 5.07. The fraction of sp³-hybridized carbons (Fsp3) is 0.273. The van der Waals surface area contributed by atoms with Crippen molar-refractivity contribution in [2.75, 3.05) is 0 Å². The molecule has 1 heteroatoms. The lowest BCUT2D eigenvalue weighted by Crippen LogP contribution is -1.87. The second-order valence-corrected chi connectivity index (χ2v) is 3.51. The molecule has 12 heavy (non-hydrogen) atoms. The van der Waals surface area contributed by atoms with Crippen molar-refractivity contribution < 1.29 is 0 Å². The summed E-state index contributed by atoms with van der Waals surface area (Å²) < 4.78 is 2.89. The molecule has 0 spiro atoms. The third kappa shape index (κ3) is 2.01. The second-order valence-electron chi connectivity index (χ2n) is 2.97. The Hall–Kier alpha value is -0.490. The van der Waals surface area contributed by atoms with Crippen LogP contribution in [0.4, 0.5) is 0 Å². The molecule has 0 aliphatic heterocycles. The molecule has 0 saturated carbocycles. The van der Waals surface area contributed by atoms with Crippen LogP contribution in [-0.4, -0.2) is 0 Å². The number of halogens is 1. The van der Waals surface area contributed by atoms with Crippen LogP contribution < -0.4 is 0 Å². The van der Waals surface area contributed by atoms with Gasteiger partial charge in [0.25, 0.3) is 0 Å². The van der Waals surface area contributed by atoms with Crippen molar-refractivity contribution in [3.8, 4) is 9.85 Å². The lowest BCUT2D eigenvalue weighted by atomic mass is 10.0. The fourth-order valence-electron chi connectivity index (χ4n) is 1.15. The predicted molar refractivity (Wildman–Crippen MR) is 61.6 cm³/mol. The van der Waals surface area contributed by atoms with Gasteiger partial charge in [0.1, 0.15) is 0 Å². The lowest BCUT2D eigenvalue weighted by Gasteiger charge is -2.03. The Morgan fingerprint density at radius 2 is 1.58 bits per heavy atom. The molecular weight excluding hydrogens is 259 g/mol. The van der Waals surface area contributed by atoms with E-state index in [4.69, 9.17) is 0 Å². The number of hydrogen-bond acceptors (Lipinski definition) is 0. The molecule has 62 valence electrons. The lowest BCUT2D eigenvalue weighted by molar-refractivity contribution is 1.28. The van der Waals surface area contributed by atoms with Gasteiger partial charge in [0.05, 0.1) is 0 Å². The fourth-order valence-corrected chi connectivity index (χ4v) is 1.44. The molecule has 0 heterocycles. The van der Waals surface area contributed by atoms with Crippen molar-refractivity contribution in [3.05, 3.63) is 34.4 Å². The van der Waals surface area contributed by atoms with Crippen LogP contribution in [-0.2, 0) is 0 Å². The molecule has 0 unspecified atom stereocenters. The van der Waals surface area contributed by atoms with Crippen LogP contribution in [0.15, 0.2) is 12.1 Å². The molecular formula is C11H11I. The zero-order valence-electron chi connectivity index (χ0n) is 7.53. The third-order valence-electron chi connectivity index (χ3n) is 2.02. The van der Waals surface area contributed by atoms with E-state index in [1.807, 2.05) is 0 Å². The Kier molecular flexibility index (Phi) is 3.16. The Morgan fingerprint density at radius 1 is 1.00 bits per heavy atom. The number of benzene rings is 1. The summed E-state index contributed by atoms with van der Waals surface area (Å²) >= 11 is 2.07. The smallest absolute Gasteiger partial charge is 0.0285 e. The van der Waals surface area contributed by atoms with Gasteiger partial charge in [-0.05, 0) is 47.5 Å². The van der Waals surface area contributed by atoms with Gasteiger partial charge in [-0.3, -0.25) is 0 Å². The van der Waals surface area contributed by atoms with E-state index in [-0.39, 0.29) is 0 Å². The minimum absolute atomic E-state index is 1.15. The van der Waals surface area contributed by atoms with Crippen molar-refractivity contribution in [2.45, 2.75) is 20.8 Å². The molecule has 0 amide bonds. The van der Waals surface area contributed by atoms with Crippen LogP contribution >= 0.6 is 22.6 Å². The highest BCUT2D eigenvalue weighted by Crippen LogP contribution is 2.14. The molecule has 0 bridgehead atoms. The van der Waals surface area contributed by atoms with Crippen molar-refractivity contribution in [3.63, 3.8) is 0 Å². The first-order valence-electron chi connectivity index (χ1n) is 3.84. The average molecular weight is 270 g/mol. The molecule has 0 atom stereocenters. The molecule has 0 saturated heterocycles. The summed E-state index contributed by atoms with van der Waals surface area (Å²) in [6, 6.07) is 4.34. The highest BCUT2D eigenvalue weighted by atomic mass is 127. The Morgan fingerprint density at radius 3 is 2.17 bits per heavy atom. The summed E-state index contributed by atoms with van der Waals surface area (Å²) in [6.07, 6.45) is 0. The molecule has 0 N–H and O–H groups in total. The van der Waals surface area contributed by atoms with Gasteiger partial charge in [0.15, 0.2) is 0 Å². The summed E-state index contributed by atoms with van der Waals surface area (Å²) in [5.74, 6) is 3.08. The van der Waals surface area contributed by atoms with Gasteiger partial charge in [0, 0.05) is 28.2 Å². The SMILES string of the molecule is Cc1cc(C)c(C#CI)cc1C. The quantitative estimate of drug-likeness (QED) is 0.501. The number of aryl methyl sites for hydroxylation is 3. The van der Waals surface area contributed by atoms with Gasteiger partial charge in [-0.25, -0.2) is 0 Å². The topological polar surface area (TPSA) is 0 Å². The second kappa shape index (κ2) is 3.95. The van der Waals surface area contributed by atoms with E-state index >= 15 is 0 Å². The van der Waals surface area contributed by atoms with Crippen molar-refractivity contribution >= 4 is 22.6 Å². The maximum absolute atomic E-state index is 3.08. The molecule has 0 aromatic heterocycles. The maximum atomic E-state index is 3.08. The van der Waals surface area contributed by atoms with Gasteiger partial charge in [-0.2, -0.15) is 0 Å². The zero-order valence-corrected chi connectivity index (χ0v) is 9.69. The van der Waals surface area contributed by atoms with Gasteiger partial charge in [-0.15, -0.1) is 0 Å². The Labute approximate surface area is 87.5 Å². The summed E-state index contributed by atoms with van der Waals surface area (Å²) in [7, 11) is 0. The van der Waals surface area contributed by atoms with E-state index in [1.54, 1.807) is 0 Å². The highest BCUT2D eigenvalue weighted by molar-refractivity contribution is 14.1. The standard InChI is InChI=1S/C11H11I/c1-8-6-10(3)11(4-5-12)7-9(8)2/h6-7H,1-3H3. The first-order chi connectivity index (χ1) is 5.65. The van der Waals surface area contributed by atoms with Crippen molar-refractivity contribution in [2.24, 2.45) is 0 Å². The summed E-state index contributed by atoms with van der Waals surface area (Å²) in [4.78, 5) is 0. The van der Waals surface area contributed by atoms with Crippen molar-refractivity contribution in [1.29, 1.82) is 0 Å². The Bertz CT molecular complexity index is 353. The minimum atomic E-state index is 1.15. The van der Waals surface area contributed by atoms with E-state index in [9.17, 15) is 0 Å². The van der Waals surface area contributed by atoms with Gasteiger partial charge < -0.3 is 0 Å². The molecule has 0 fully saturated rings. The molecule has 0 aliphatic rings. The van der Waals surface area contributed by atoms with E-state index in [0.29, 0.717) is 0 Å². The van der Waals surface area contributed by atoms with E-state index < -0.39 is 0 Å². The van der Waals surface area contributed by atoms with Crippen LogP contribution in [0.25, 0.3) is 0 Å². The van der Waals surface area contributed by atoms with Gasteiger partial charge in [-0.1, -0.05) is 12.0 Å². The average Bonchev–Trinajstić information content (AvgIpc) is 2.01. The maximum Gasteiger partial charge on any atom is 0.0285 e. The molecule has 1 rings (SSSR count). The first-order valence-corrected chi connectivity index (χ1v) is 4.92. The normalized spacial score (nSPS) is 9.00. The largest absolute Gasteiger partial charge is 0.0553 e. The molecule has 1 aromatic rings. The molecule has 0 radical (unpaired) electrons. The first kappa shape index (κ1) is 9.60. The molecule has 0 aliphatic carbocycles. The Balaban J connectivity index is 3.29. The number of hydrogen-bond donors (Lipinski definition) is 0. The van der Waals surface area contributed by atoms with Crippen LogP contribution in [0.2, 0.25) is 0 Å².